The summed E-state index contributed by atoms with van der Waals surface area (Å²) in [5.74, 6) is -0.197. The van der Waals surface area contributed by atoms with Gasteiger partial charge in [0.1, 0.15) is 5.82 Å². The number of halogens is 2. The Morgan fingerprint density at radius 2 is 2.21 bits per heavy atom. The summed E-state index contributed by atoms with van der Waals surface area (Å²) in [6, 6.07) is 4.83. The normalized spacial score (nSPS) is 11.6. The highest BCUT2D eigenvalue weighted by molar-refractivity contribution is 5.85. The molecule has 0 fully saturated rings. The zero-order valence-corrected chi connectivity index (χ0v) is 8.98. The van der Waals surface area contributed by atoms with E-state index in [0.717, 1.165) is 5.56 Å². The summed E-state index contributed by atoms with van der Waals surface area (Å²) in [6.07, 6.45) is 2.42. The number of hydrogen-bond donors (Lipinski definition) is 1. The second-order valence-electron chi connectivity index (χ2n) is 3.08. The first-order valence-corrected chi connectivity index (χ1v) is 4.28. The fourth-order valence-electron chi connectivity index (χ4n) is 1.33. The van der Waals surface area contributed by atoms with Crippen LogP contribution >= 0.6 is 12.4 Å². The van der Waals surface area contributed by atoms with Crippen LogP contribution in [0.5, 0.6) is 0 Å². The number of nitrogens with two attached hydrogens (primary N) is 1. The summed E-state index contributed by atoms with van der Waals surface area (Å²) < 4.78 is 13.1. The largest absolute Gasteiger partial charge is 0.324 e. The molecule has 0 aliphatic carbocycles. The first-order valence-electron chi connectivity index (χ1n) is 4.28. The Hall–Kier alpha value is -0.860. The maximum Gasteiger partial charge on any atom is 0.126 e. The third-order valence-corrected chi connectivity index (χ3v) is 2.13. The lowest BCUT2D eigenvalue weighted by atomic mass is 9.99. The molecular formula is C11H15ClFN. The first-order chi connectivity index (χ1) is 6.16. The molecule has 78 valence electrons. The average molecular weight is 216 g/mol. The molecule has 0 unspecified atom stereocenters. The second kappa shape index (κ2) is 5.78. The van der Waals surface area contributed by atoms with Crippen molar-refractivity contribution in [3.05, 3.63) is 47.8 Å². The maximum absolute atomic E-state index is 13.1. The Morgan fingerprint density at radius 1 is 1.57 bits per heavy atom. The van der Waals surface area contributed by atoms with Gasteiger partial charge in [-0.25, -0.2) is 4.39 Å². The van der Waals surface area contributed by atoms with Crippen molar-refractivity contribution in [2.24, 2.45) is 5.73 Å². The number of rotatable bonds is 3. The Balaban J connectivity index is 0.00000169. The average Bonchev–Trinajstić information content (AvgIpc) is 2.10. The van der Waals surface area contributed by atoms with Crippen molar-refractivity contribution in [3.63, 3.8) is 0 Å². The van der Waals surface area contributed by atoms with Crippen LogP contribution < -0.4 is 5.73 Å². The molecule has 0 aliphatic heterocycles. The van der Waals surface area contributed by atoms with Gasteiger partial charge in [0.15, 0.2) is 0 Å². The minimum absolute atomic E-state index is 0. The quantitative estimate of drug-likeness (QED) is 0.771. The highest BCUT2D eigenvalue weighted by Crippen LogP contribution is 2.20. The molecule has 0 heterocycles. The van der Waals surface area contributed by atoms with Crippen molar-refractivity contribution in [1.29, 1.82) is 0 Å². The molecule has 1 nitrogen and oxygen atoms in total. The van der Waals surface area contributed by atoms with Crippen molar-refractivity contribution in [2.75, 3.05) is 0 Å². The van der Waals surface area contributed by atoms with E-state index in [1.165, 1.54) is 6.07 Å². The van der Waals surface area contributed by atoms with E-state index >= 15 is 0 Å². The Morgan fingerprint density at radius 3 is 2.79 bits per heavy atom. The summed E-state index contributed by atoms with van der Waals surface area (Å²) in [5.41, 5.74) is 7.33. The SMILES string of the molecule is C=CC[C@H](N)c1cccc(F)c1C.Cl. The van der Waals surface area contributed by atoms with Gasteiger partial charge in [-0.1, -0.05) is 18.2 Å². The van der Waals surface area contributed by atoms with Crippen molar-refractivity contribution in [1.82, 2.24) is 0 Å². The molecule has 0 aromatic heterocycles. The third kappa shape index (κ3) is 2.82. The molecule has 0 amide bonds. The third-order valence-electron chi connectivity index (χ3n) is 2.13. The van der Waals surface area contributed by atoms with Gasteiger partial charge in [-0.3, -0.25) is 0 Å². The molecule has 1 rings (SSSR count). The fourth-order valence-corrected chi connectivity index (χ4v) is 1.33. The van der Waals surface area contributed by atoms with Crippen LogP contribution in [0.4, 0.5) is 4.39 Å². The molecule has 2 N–H and O–H groups in total. The minimum atomic E-state index is -0.197. The van der Waals surface area contributed by atoms with Crippen LogP contribution in [0.25, 0.3) is 0 Å². The molecule has 1 aromatic rings. The predicted octanol–water partition coefficient (Wildman–Crippen LogP) is 3.13. The summed E-state index contributed by atoms with van der Waals surface area (Å²) in [6.45, 7) is 5.35. The van der Waals surface area contributed by atoms with E-state index in [0.29, 0.717) is 12.0 Å². The zero-order chi connectivity index (χ0) is 9.84. The Kier molecular flexibility index (Phi) is 5.43. The highest BCUT2D eigenvalue weighted by atomic mass is 35.5. The molecule has 1 atom stereocenters. The summed E-state index contributed by atoms with van der Waals surface area (Å²) in [5, 5.41) is 0. The molecule has 0 bridgehead atoms. The van der Waals surface area contributed by atoms with Crippen LogP contribution in [0.15, 0.2) is 30.9 Å². The van der Waals surface area contributed by atoms with Gasteiger partial charge in [0.25, 0.3) is 0 Å². The van der Waals surface area contributed by atoms with Crippen molar-refractivity contribution >= 4 is 12.4 Å². The van der Waals surface area contributed by atoms with E-state index in [1.54, 1.807) is 19.1 Å². The van der Waals surface area contributed by atoms with Gasteiger partial charge in [-0.15, -0.1) is 19.0 Å². The first kappa shape index (κ1) is 13.1. The van der Waals surface area contributed by atoms with Crippen LogP contribution in [0.1, 0.15) is 23.6 Å². The lowest BCUT2D eigenvalue weighted by Gasteiger charge is -2.12. The Bertz CT molecular complexity index is 312. The number of hydrogen-bond acceptors (Lipinski definition) is 1. The van der Waals surface area contributed by atoms with Gasteiger partial charge in [0, 0.05) is 6.04 Å². The lowest BCUT2D eigenvalue weighted by molar-refractivity contribution is 0.608. The molecule has 1 aromatic carbocycles. The highest BCUT2D eigenvalue weighted by Gasteiger charge is 2.09. The molecule has 3 heteroatoms. The molecule has 0 spiro atoms. The summed E-state index contributed by atoms with van der Waals surface area (Å²) >= 11 is 0. The monoisotopic (exact) mass is 215 g/mol. The zero-order valence-electron chi connectivity index (χ0n) is 8.16. The second-order valence-corrected chi connectivity index (χ2v) is 3.08. The van der Waals surface area contributed by atoms with Crippen molar-refractivity contribution < 1.29 is 4.39 Å². The van der Waals surface area contributed by atoms with Crippen LogP contribution in [0.3, 0.4) is 0 Å². The topological polar surface area (TPSA) is 26.0 Å². The van der Waals surface area contributed by atoms with Gasteiger partial charge in [0.2, 0.25) is 0 Å². The fraction of sp³-hybridized carbons (Fsp3) is 0.273. The predicted molar refractivity (Wildman–Crippen MR) is 60.1 cm³/mol. The van der Waals surface area contributed by atoms with Gasteiger partial charge in [0.05, 0.1) is 0 Å². The van der Waals surface area contributed by atoms with E-state index < -0.39 is 0 Å². The Labute approximate surface area is 90.2 Å². The van der Waals surface area contributed by atoms with Crippen LogP contribution in [0, 0.1) is 12.7 Å². The smallest absolute Gasteiger partial charge is 0.126 e. The maximum atomic E-state index is 13.1. The van der Waals surface area contributed by atoms with Gasteiger partial charge >= 0.3 is 0 Å². The van der Waals surface area contributed by atoms with E-state index in [4.69, 9.17) is 5.73 Å². The van der Waals surface area contributed by atoms with E-state index in [2.05, 4.69) is 6.58 Å². The summed E-state index contributed by atoms with van der Waals surface area (Å²) in [7, 11) is 0. The van der Waals surface area contributed by atoms with Crippen molar-refractivity contribution in [3.8, 4) is 0 Å². The van der Waals surface area contributed by atoms with Crippen molar-refractivity contribution in [2.45, 2.75) is 19.4 Å². The van der Waals surface area contributed by atoms with Gasteiger partial charge in [-0.05, 0) is 30.5 Å². The van der Waals surface area contributed by atoms with E-state index in [-0.39, 0.29) is 24.3 Å². The van der Waals surface area contributed by atoms with E-state index in [1.807, 2.05) is 6.07 Å². The minimum Gasteiger partial charge on any atom is -0.324 e. The summed E-state index contributed by atoms with van der Waals surface area (Å²) in [4.78, 5) is 0. The molecule has 0 aliphatic rings. The lowest BCUT2D eigenvalue weighted by Crippen LogP contribution is -2.11. The number of benzene rings is 1. The molecule has 0 radical (unpaired) electrons. The van der Waals surface area contributed by atoms with Gasteiger partial charge < -0.3 is 5.73 Å². The van der Waals surface area contributed by atoms with Crippen LogP contribution in [-0.4, -0.2) is 0 Å². The van der Waals surface area contributed by atoms with Gasteiger partial charge in [-0.2, -0.15) is 0 Å². The molecule has 0 saturated heterocycles. The van der Waals surface area contributed by atoms with Crippen LogP contribution in [0.2, 0.25) is 0 Å². The van der Waals surface area contributed by atoms with Crippen LogP contribution in [-0.2, 0) is 0 Å². The van der Waals surface area contributed by atoms with E-state index in [9.17, 15) is 4.39 Å². The molecule has 0 saturated carbocycles. The standard InChI is InChI=1S/C11H14FN.ClH/c1-3-5-11(13)9-6-4-7-10(12)8(9)2;/h3-4,6-7,11H,1,5,13H2,2H3;1H/t11-;/m0./s1. The molecule has 14 heavy (non-hydrogen) atoms. The molecular weight excluding hydrogens is 201 g/mol.